The number of aliphatic imine (C=N–C) groups is 2. The minimum Gasteiger partial charge on any atom is -0.471 e. The lowest BCUT2D eigenvalue weighted by Gasteiger charge is -2.04. The molecule has 0 saturated carbocycles. The van der Waals surface area contributed by atoms with E-state index in [1.165, 1.54) is 0 Å². The Morgan fingerprint density at radius 1 is 0.955 bits per heavy atom. The van der Waals surface area contributed by atoms with Crippen LogP contribution in [0.5, 0.6) is 0 Å². The van der Waals surface area contributed by atoms with Crippen molar-refractivity contribution in [1.82, 2.24) is 4.98 Å². The standard InChI is InChI=1S/C15H19N3O4/c1-3-19-12-8-21-14(17-12)10-6-5-7-11(16-10)15-18-13(9-22-15)20-4-2/h5-7,12-13H,3-4,8-9H2,1-2H3/t12-,13-/m1/s1. The molecule has 0 amide bonds. The molecule has 3 rings (SSSR count). The van der Waals surface area contributed by atoms with Gasteiger partial charge in [0, 0.05) is 13.2 Å². The second-order valence-electron chi connectivity index (χ2n) is 4.72. The lowest BCUT2D eigenvalue weighted by molar-refractivity contribution is 0.0495. The van der Waals surface area contributed by atoms with Gasteiger partial charge in [0.25, 0.3) is 0 Å². The predicted octanol–water partition coefficient (Wildman–Crippen LogP) is 1.36. The van der Waals surface area contributed by atoms with Gasteiger partial charge in [-0.15, -0.1) is 0 Å². The zero-order valence-corrected chi connectivity index (χ0v) is 12.7. The van der Waals surface area contributed by atoms with Gasteiger partial charge in [-0.2, -0.15) is 0 Å². The molecular weight excluding hydrogens is 286 g/mol. The number of nitrogens with zero attached hydrogens (tertiary/aromatic N) is 3. The van der Waals surface area contributed by atoms with Crippen LogP contribution in [0.2, 0.25) is 0 Å². The lowest BCUT2D eigenvalue weighted by atomic mass is 10.3. The fourth-order valence-corrected chi connectivity index (χ4v) is 2.22. The van der Waals surface area contributed by atoms with E-state index in [1.54, 1.807) is 0 Å². The Morgan fingerprint density at radius 2 is 1.45 bits per heavy atom. The maximum absolute atomic E-state index is 5.54. The van der Waals surface area contributed by atoms with Crippen molar-refractivity contribution in [3.63, 3.8) is 0 Å². The van der Waals surface area contributed by atoms with Crippen LogP contribution in [0.15, 0.2) is 28.2 Å². The molecule has 2 atom stereocenters. The Hall–Kier alpha value is -1.99. The first-order valence-electron chi connectivity index (χ1n) is 7.42. The molecule has 2 aliphatic rings. The molecule has 0 bridgehead atoms. The molecule has 1 aromatic heterocycles. The van der Waals surface area contributed by atoms with Gasteiger partial charge in [-0.1, -0.05) is 6.07 Å². The van der Waals surface area contributed by atoms with Gasteiger partial charge in [-0.05, 0) is 26.0 Å². The van der Waals surface area contributed by atoms with Gasteiger partial charge in [-0.3, -0.25) is 0 Å². The Balaban J connectivity index is 1.76. The molecular formula is C15H19N3O4. The average molecular weight is 305 g/mol. The summed E-state index contributed by atoms with van der Waals surface area (Å²) >= 11 is 0. The topological polar surface area (TPSA) is 74.5 Å². The van der Waals surface area contributed by atoms with E-state index in [0.29, 0.717) is 49.6 Å². The van der Waals surface area contributed by atoms with E-state index < -0.39 is 0 Å². The summed E-state index contributed by atoms with van der Waals surface area (Å²) in [5.74, 6) is 0.973. The largest absolute Gasteiger partial charge is 0.471 e. The molecule has 0 aromatic carbocycles. The van der Waals surface area contributed by atoms with E-state index in [0.717, 1.165) is 0 Å². The first kappa shape index (κ1) is 14.9. The van der Waals surface area contributed by atoms with E-state index in [-0.39, 0.29) is 12.5 Å². The number of pyridine rings is 1. The summed E-state index contributed by atoms with van der Waals surface area (Å²) < 4.78 is 21.9. The van der Waals surface area contributed by atoms with Crippen LogP contribution in [0, 0.1) is 0 Å². The van der Waals surface area contributed by atoms with E-state index in [9.17, 15) is 0 Å². The van der Waals surface area contributed by atoms with Crippen molar-refractivity contribution in [3.05, 3.63) is 29.6 Å². The lowest BCUT2D eigenvalue weighted by Crippen LogP contribution is -2.11. The highest BCUT2D eigenvalue weighted by Crippen LogP contribution is 2.15. The van der Waals surface area contributed by atoms with Crippen LogP contribution in [-0.4, -0.2) is 55.7 Å². The van der Waals surface area contributed by atoms with E-state index in [4.69, 9.17) is 18.9 Å². The van der Waals surface area contributed by atoms with Crippen LogP contribution in [0.25, 0.3) is 0 Å². The minimum atomic E-state index is -0.257. The van der Waals surface area contributed by atoms with E-state index in [1.807, 2.05) is 32.0 Å². The van der Waals surface area contributed by atoms with Crippen LogP contribution in [0.3, 0.4) is 0 Å². The Morgan fingerprint density at radius 3 is 1.91 bits per heavy atom. The summed E-state index contributed by atoms with van der Waals surface area (Å²) in [6, 6.07) is 5.55. The molecule has 3 heterocycles. The van der Waals surface area contributed by atoms with Gasteiger partial charge in [0.05, 0.1) is 0 Å². The summed E-state index contributed by atoms with van der Waals surface area (Å²) in [5.41, 5.74) is 1.29. The molecule has 7 nitrogen and oxygen atoms in total. The van der Waals surface area contributed by atoms with Gasteiger partial charge in [-0.25, -0.2) is 15.0 Å². The minimum absolute atomic E-state index is 0.257. The fraction of sp³-hybridized carbons (Fsp3) is 0.533. The smallest absolute Gasteiger partial charge is 0.238 e. The van der Waals surface area contributed by atoms with E-state index in [2.05, 4.69) is 15.0 Å². The average Bonchev–Trinajstić information content (AvgIpc) is 3.18. The maximum atomic E-state index is 5.54. The van der Waals surface area contributed by atoms with Crippen LogP contribution < -0.4 is 0 Å². The molecule has 118 valence electrons. The fourth-order valence-electron chi connectivity index (χ4n) is 2.22. The zero-order chi connectivity index (χ0) is 15.4. The third-order valence-corrected chi connectivity index (χ3v) is 3.15. The third-order valence-electron chi connectivity index (χ3n) is 3.15. The first-order valence-corrected chi connectivity index (χ1v) is 7.42. The summed E-state index contributed by atoms with van der Waals surface area (Å²) in [6.07, 6.45) is -0.513. The van der Waals surface area contributed by atoms with Gasteiger partial charge < -0.3 is 18.9 Å². The van der Waals surface area contributed by atoms with Crippen molar-refractivity contribution in [3.8, 4) is 0 Å². The third kappa shape index (κ3) is 3.26. The highest BCUT2D eigenvalue weighted by atomic mass is 16.6. The van der Waals surface area contributed by atoms with Crippen LogP contribution in [0.1, 0.15) is 25.2 Å². The molecule has 2 aliphatic heterocycles. The molecule has 0 fully saturated rings. The monoisotopic (exact) mass is 305 g/mol. The molecule has 1 aromatic rings. The maximum Gasteiger partial charge on any atom is 0.238 e. The predicted molar refractivity (Wildman–Crippen MR) is 80.0 cm³/mol. The normalized spacial score (nSPS) is 23.7. The first-order chi connectivity index (χ1) is 10.8. The molecule has 0 aliphatic carbocycles. The Labute approximate surface area is 129 Å². The molecule has 0 saturated heterocycles. The zero-order valence-electron chi connectivity index (χ0n) is 12.7. The van der Waals surface area contributed by atoms with Crippen molar-refractivity contribution < 1.29 is 18.9 Å². The van der Waals surface area contributed by atoms with Crippen molar-refractivity contribution in [2.45, 2.75) is 26.3 Å². The van der Waals surface area contributed by atoms with Crippen molar-refractivity contribution in [1.29, 1.82) is 0 Å². The number of hydrogen-bond acceptors (Lipinski definition) is 7. The molecule has 0 spiro atoms. The molecule has 0 N–H and O–H groups in total. The summed E-state index contributed by atoms with van der Waals surface area (Å²) in [6.45, 7) is 5.88. The second kappa shape index (κ2) is 6.85. The molecule has 7 heteroatoms. The SMILES string of the molecule is CCO[C@@H]1COC(c2cccc(C3=N[C@H](OCC)CO3)n2)=N1. The van der Waals surface area contributed by atoms with Gasteiger partial charge in [0.1, 0.15) is 24.6 Å². The summed E-state index contributed by atoms with van der Waals surface area (Å²) in [7, 11) is 0. The molecule has 22 heavy (non-hydrogen) atoms. The van der Waals surface area contributed by atoms with Gasteiger partial charge >= 0.3 is 0 Å². The molecule has 0 radical (unpaired) electrons. The van der Waals surface area contributed by atoms with Crippen LogP contribution in [-0.2, 0) is 18.9 Å². The van der Waals surface area contributed by atoms with Crippen molar-refractivity contribution in [2.75, 3.05) is 26.4 Å². The van der Waals surface area contributed by atoms with Crippen LogP contribution >= 0.6 is 0 Å². The summed E-state index contributed by atoms with van der Waals surface area (Å²) in [5, 5.41) is 0. The molecule has 0 unspecified atom stereocenters. The Bertz CT molecular complexity index is 541. The number of hydrogen-bond donors (Lipinski definition) is 0. The Kier molecular flexibility index (Phi) is 4.65. The van der Waals surface area contributed by atoms with Crippen LogP contribution in [0.4, 0.5) is 0 Å². The van der Waals surface area contributed by atoms with Crippen molar-refractivity contribution in [2.24, 2.45) is 9.98 Å². The van der Waals surface area contributed by atoms with Crippen molar-refractivity contribution >= 4 is 11.8 Å². The quantitative estimate of drug-likeness (QED) is 0.793. The van der Waals surface area contributed by atoms with Gasteiger partial charge in [0.2, 0.25) is 11.8 Å². The number of aromatic nitrogens is 1. The number of rotatable bonds is 6. The summed E-state index contributed by atoms with van der Waals surface area (Å²) in [4.78, 5) is 13.2. The van der Waals surface area contributed by atoms with Gasteiger partial charge in [0.15, 0.2) is 12.5 Å². The number of ether oxygens (including phenoxy) is 4. The highest BCUT2D eigenvalue weighted by molar-refractivity contribution is 5.97. The highest BCUT2D eigenvalue weighted by Gasteiger charge is 2.24. The second-order valence-corrected chi connectivity index (χ2v) is 4.72. The van der Waals surface area contributed by atoms with E-state index >= 15 is 0 Å².